The van der Waals surface area contributed by atoms with Crippen molar-refractivity contribution in [2.45, 2.75) is 12.3 Å². The second kappa shape index (κ2) is 4.41. The molecule has 0 N–H and O–H groups in total. The van der Waals surface area contributed by atoms with Gasteiger partial charge >= 0.3 is 0 Å². The molecule has 2 rings (SSSR count). The highest BCUT2D eigenvalue weighted by Crippen LogP contribution is 2.33. The smallest absolute Gasteiger partial charge is 0.0632 e. The molecule has 0 aromatic carbocycles. The molecule has 0 saturated heterocycles. The standard InChI is InChI=1S/C11H9NS2/c12-6-5-9(10-3-1-7-13-10)11-4-2-8-14-11/h1-4,7-9H,5H2. The van der Waals surface area contributed by atoms with E-state index >= 15 is 0 Å². The second-order valence-corrected chi connectivity index (χ2v) is 4.90. The zero-order chi connectivity index (χ0) is 9.80. The van der Waals surface area contributed by atoms with E-state index in [2.05, 4.69) is 29.0 Å². The van der Waals surface area contributed by atoms with E-state index in [-0.39, 0.29) is 5.92 Å². The molecule has 2 heterocycles. The molecule has 0 bridgehead atoms. The van der Waals surface area contributed by atoms with Crippen LogP contribution in [0.4, 0.5) is 0 Å². The van der Waals surface area contributed by atoms with Crippen molar-refractivity contribution in [2.24, 2.45) is 0 Å². The third kappa shape index (κ3) is 1.87. The number of nitrogens with zero attached hydrogens (tertiary/aromatic N) is 1. The van der Waals surface area contributed by atoms with E-state index in [9.17, 15) is 0 Å². The predicted molar refractivity (Wildman–Crippen MR) is 60.7 cm³/mol. The molecule has 0 saturated carbocycles. The molecule has 14 heavy (non-hydrogen) atoms. The number of thiophene rings is 2. The zero-order valence-electron chi connectivity index (χ0n) is 7.51. The lowest BCUT2D eigenvalue weighted by Crippen LogP contribution is -1.94. The lowest BCUT2D eigenvalue weighted by atomic mass is 10.0. The van der Waals surface area contributed by atoms with Gasteiger partial charge in [0.25, 0.3) is 0 Å². The van der Waals surface area contributed by atoms with Crippen molar-refractivity contribution in [1.29, 1.82) is 5.26 Å². The van der Waals surface area contributed by atoms with Gasteiger partial charge in [-0.15, -0.1) is 22.7 Å². The molecular weight excluding hydrogens is 210 g/mol. The van der Waals surface area contributed by atoms with E-state index in [1.54, 1.807) is 22.7 Å². The Balaban J connectivity index is 2.30. The van der Waals surface area contributed by atoms with Crippen LogP contribution in [0.3, 0.4) is 0 Å². The summed E-state index contributed by atoms with van der Waals surface area (Å²) < 4.78 is 0. The lowest BCUT2D eigenvalue weighted by Gasteiger charge is -2.08. The molecule has 3 heteroatoms. The Bertz CT molecular complexity index is 374. The van der Waals surface area contributed by atoms with Gasteiger partial charge in [-0.25, -0.2) is 0 Å². The number of rotatable bonds is 3. The van der Waals surface area contributed by atoms with Crippen LogP contribution in [0, 0.1) is 11.3 Å². The van der Waals surface area contributed by atoms with E-state index in [1.807, 2.05) is 12.1 Å². The van der Waals surface area contributed by atoms with E-state index in [0.717, 1.165) is 0 Å². The predicted octanol–water partition coefficient (Wildman–Crippen LogP) is 3.86. The molecular formula is C11H9NS2. The Morgan fingerprint density at radius 1 is 1.14 bits per heavy atom. The molecule has 0 aliphatic carbocycles. The topological polar surface area (TPSA) is 23.8 Å². The van der Waals surface area contributed by atoms with Crippen molar-refractivity contribution >= 4 is 22.7 Å². The van der Waals surface area contributed by atoms with Gasteiger partial charge in [0.2, 0.25) is 0 Å². The second-order valence-electron chi connectivity index (χ2n) is 2.95. The molecule has 70 valence electrons. The lowest BCUT2D eigenvalue weighted by molar-refractivity contribution is 0.877. The summed E-state index contributed by atoms with van der Waals surface area (Å²) in [6.07, 6.45) is 0.570. The Kier molecular flexibility index (Phi) is 2.97. The van der Waals surface area contributed by atoms with Crippen LogP contribution in [0.2, 0.25) is 0 Å². The van der Waals surface area contributed by atoms with Crippen LogP contribution in [0.5, 0.6) is 0 Å². The van der Waals surface area contributed by atoms with Gasteiger partial charge in [0.1, 0.15) is 0 Å². The highest BCUT2D eigenvalue weighted by atomic mass is 32.1. The van der Waals surface area contributed by atoms with Crippen molar-refractivity contribution in [1.82, 2.24) is 0 Å². The number of nitriles is 1. The Labute approximate surface area is 91.3 Å². The van der Waals surface area contributed by atoms with Gasteiger partial charge in [-0.05, 0) is 22.9 Å². The van der Waals surface area contributed by atoms with Crippen LogP contribution in [-0.4, -0.2) is 0 Å². The van der Waals surface area contributed by atoms with E-state index in [4.69, 9.17) is 5.26 Å². The average Bonchev–Trinajstić information content (AvgIpc) is 2.87. The maximum absolute atomic E-state index is 8.79. The van der Waals surface area contributed by atoms with Crippen LogP contribution in [0.15, 0.2) is 35.0 Å². The molecule has 0 aliphatic heterocycles. The molecule has 0 atom stereocenters. The van der Waals surface area contributed by atoms with Crippen LogP contribution >= 0.6 is 22.7 Å². The molecule has 2 aromatic heterocycles. The fourth-order valence-electron chi connectivity index (χ4n) is 1.41. The van der Waals surface area contributed by atoms with Crippen LogP contribution in [0.25, 0.3) is 0 Å². The molecule has 0 unspecified atom stereocenters. The summed E-state index contributed by atoms with van der Waals surface area (Å²) in [5, 5.41) is 12.9. The quantitative estimate of drug-likeness (QED) is 0.769. The first-order valence-corrected chi connectivity index (χ1v) is 6.11. The summed E-state index contributed by atoms with van der Waals surface area (Å²) in [4.78, 5) is 2.57. The van der Waals surface area contributed by atoms with Crippen molar-refractivity contribution in [2.75, 3.05) is 0 Å². The maximum Gasteiger partial charge on any atom is 0.0632 e. The fraction of sp³-hybridized carbons (Fsp3) is 0.182. The van der Waals surface area contributed by atoms with Gasteiger partial charge < -0.3 is 0 Å². The van der Waals surface area contributed by atoms with E-state index < -0.39 is 0 Å². The zero-order valence-corrected chi connectivity index (χ0v) is 9.15. The fourth-order valence-corrected chi connectivity index (χ4v) is 3.18. The molecule has 0 aliphatic rings. The van der Waals surface area contributed by atoms with Crippen molar-refractivity contribution in [3.05, 3.63) is 44.8 Å². The van der Waals surface area contributed by atoms with Gasteiger partial charge in [0, 0.05) is 22.1 Å². The Hall–Kier alpha value is -1.11. The molecule has 2 aromatic rings. The SMILES string of the molecule is N#CCC(c1cccs1)c1cccs1. The minimum absolute atomic E-state index is 0.278. The molecule has 0 radical (unpaired) electrons. The Morgan fingerprint density at radius 2 is 1.71 bits per heavy atom. The van der Waals surface area contributed by atoms with Crippen LogP contribution in [0.1, 0.15) is 22.1 Å². The van der Waals surface area contributed by atoms with Gasteiger partial charge in [-0.3, -0.25) is 0 Å². The minimum Gasteiger partial charge on any atom is -0.198 e. The van der Waals surface area contributed by atoms with Crippen molar-refractivity contribution < 1.29 is 0 Å². The first-order valence-electron chi connectivity index (χ1n) is 4.35. The highest BCUT2D eigenvalue weighted by molar-refractivity contribution is 7.11. The van der Waals surface area contributed by atoms with Gasteiger partial charge in [0.05, 0.1) is 6.07 Å². The summed E-state index contributed by atoms with van der Waals surface area (Å²) in [5.41, 5.74) is 0. The third-order valence-corrected chi connectivity index (χ3v) is 4.04. The maximum atomic E-state index is 8.79. The van der Waals surface area contributed by atoms with Crippen molar-refractivity contribution in [3.63, 3.8) is 0 Å². The highest BCUT2D eigenvalue weighted by Gasteiger charge is 2.15. The summed E-state index contributed by atoms with van der Waals surface area (Å²) in [6.45, 7) is 0. The summed E-state index contributed by atoms with van der Waals surface area (Å²) in [5.74, 6) is 0.278. The molecule has 0 amide bonds. The average molecular weight is 219 g/mol. The summed E-state index contributed by atoms with van der Waals surface area (Å²) in [7, 11) is 0. The monoisotopic (exact) mass is 219 g/mol. The van der Waals surface area contributed by atoms with Crippen molar-refractivity contribution in [3.8, 4) is 6.07 Å². The number of hydrogen-bond donors (Lipinski definition) is 0. The third-order valence-electron chi connectivity index (χ3n) is 2.07. The Morgan fingerprint density at radius 3 is 2.07 bits per heavy atom. The summed E-state index contributed by atoms with van der Waals surface area (Å²) >= 11 is 3.45. The van der Waals surface area contributed by atoms with Gasteiger partial charge in [-0.2, -0.15) is 5.26 Å². The van der Waals surface area contributed by atoms with Crippen LogP contribution in [-0.2, 0) is 0 Å². The summed E-state index contributed by atoms with van der Waals surface area (Å²) in [6, 6.07) is 10.5. The number of hydrogen-bond acceptors (Lipinski definition) is 3. The van der Waals surface area contributed by atoms with E-state index in [1.165, 1.54) is 9.75 Å². The largest absolute Gasteiger partial charge is 0.198 e. The van der Waals surface area contributed by atoms with Gasteiger partial charge in [-0.1, -0.05) is 12.1 Å². The first kappa shape index (κ1) is 9.45. The minimum atomic E-state index is 0.278. The van der Waals surface area contributed by atoms with Crippen LogP contribution < -0.4 is 0 Å². The first-order chi connectivity index (χ1) is 6.92. The molecule has 0 spiro atoms. The molecule has 0 fully saturated rings. The molecule has 1 nitrogen and oxygen atoms in total. The normalized spacial score (nSPS) is 10.3. The van der Waals surface area contributed by atoms with E-state index in [0.29, 0.717) is 6.42 Å². The van der Waals surface area contributed by atoms with Gasteiger partial charge in [0.15, 0.2) is 0 Å².